The molecule has 2 rings (SSSR count). The summed E-state index contributed by atoms with van der Waals surface area (Å²) in [5.74, 6) is -0.260. The number of carbonyl (C=O) groups excluding carboxylic acids is 2. The lowest BCUT2D eigenvalue weighted by molar-refractivity contribution is -0.123. The molecule has 3 N–H and O–H groups in total. The maximum absolute atomic E-state index is 12.3. The van der Waals surface area contributed by atoms with Crippen molar-refractivity contribution < 1.29 is 9.59 Å². The second-order valence-corrected chi connectivity index (χ2v) is 7.57. The summed E-state index contributed by atoms with van der Waals surface area (Å²) < 4.78 is 0. The summed E-state index contributed by atoms with van der Waals surface area (Å²) in [5.41, 5.74) is 1.77. The highest BCUT2D eigenvalue weighted by Crippen LogP contribution is 2.17. The molecule has 2 aromatic rings. The number of benzene rings is 2. The number of amides is 2. The summed E-state index contributed by atoms with van der Waals surface area (Å²) in [4.78, 5) is 24.5. The molecule has 2 amide bonds. The van der Waals surface area contributed by atoms with E-state index in [1.165, 1.54) is 0 Å². The lowest BCUT2D eigenvalue weighted by Gasteiger charge is -2.27. The van der Waals surface area contributed by atoms with Crippen LogP contribution in [0.4, 0.5) is 11.4 Å². The van der Waals surface area contributed by atoms with Gasteiger partial charge in [0.05, 0.1) is 0 Å². The van der Waals surface area contributed by atoms with Crippen LogP contribution < -0.4 is 16.0 Å². The SMILES string of the molecule is CCC(C)(C)NC(=O)C(C)Nc1ccc(NC(=O)c2ccc(Cl)cc2)cc1. The fraction of sp³-hybridized carbons (Fsp3) is 0.333. The van der Waals surface area contributed by atoms with Gasteiger partial charge < -0.3 is 16.0 Å². The zero-order valence-electron chi connectivity index (χ0n) is 16.1. The second kappa shape index (κ2) is 8.91. The number of halogens is 1. The van der Waals surface area contributed by atoms with E-state index in [4.69, 9.17) is 11.6 Å². The zero-order valence-corrected chi connectivity index (χ0v) is 16.9. The van der Waals surface area contributed by atoms with Gasteiger partial charge in [0.25, 0.3) is 5.91 Å². The highest BCUT2D eigenvalue weighted by molar-refractivity contribution is 6.30. The number of carbonyl (C=O) groups is 2. The van der Waals surface area contributed by atoms with Crippen LogP contribution >= 0.6 is 11.6 Å². The van der Waals surface area contributed by atoms with Crippen LogP contribution in [-0.2, 0) is 4.79 Å². The Morgan fingerprint density at radius 2 is 1.56 bits per heavy atom. The van der Waals surface area contributed by atoms with E-state index in [2.05, 4.69) is 16.0 Å². The quantitative estimate of drug-likeness (QED) is 0.645. The number of nitrogens with one attached hydrogen (secondary N) is 3. The van der Waals surface area contributed by atoms with Gasteiger partial charge in [0.1, 0.15) is 6.04 Å². The van der Waals surface area contributed by atoms with E-state index in [1.54, 1.807) is 36.4 Å². The molecule has 0 saturated heterocycles. The normalized spacial score (nSPS) is 12.2. The highest BCUT2D eigenvalue weighted by atomic mass is 35.5. The molecule has 0 aromatic heterocycles. The van der Waals surface area contributed by atoms with E-state index < -0.39 is 0 Å². The molecule has 0 bridgehead atoms. The Kier molecular flexibility index (Phi) is 6.86. The molecule has 144 valence electrons. The van der Waals surface area contributed by atoms with Gasteiger partial charge in [0.2, 0.25) is 5.91 Å². The molecule has 2 aromatic carbocycles. The molecular formula is C21H26ClN3O2. The average Bonchev–Trinajstić information content (AvgIpc) is 2.63. The smallest absolute Gasteiger partial charge is 0.255 e. The van der Waals surface area contributed by atoms with E-state index >= 15 is 0 Å². The first-order chi connectivity index (χ1) is 12.7. The fourth-order valence-electron chi connectivity index (χ4n) is 2.30. The molecule has 0 saturated carbocycles. The first-order valence-corrected chi connectivity index (χ1v) is 9.33. The molecular weight excluding hydrogens is 362 g/mol. The van der Waals surface area contributed by atoms with Crippen LogP contribution in [0.25, 0.3) is 0 Å². The molecule has 27 heavy (non-hydrogen) atoms. The van der Waals surface area contributed by atoms with Crippen molar-refractivity contribution in [1.82, 2.24) is 5.32 Å². The second-order valence-electron chi connectivity index (χ2n) is 7.13. The predicted molar refractivity (Wildman–Crippen MR) is 111 cm³/mol. The summed E-state index contributed by atoms with van der Waals surface area (Å²) >= 11 is 5.83. The van der Waals surface area contributed by atoms with Gasteiger partial charge in [-0.2, -0.15) is 0 Å². The largest absolute Gasteiger partial charge is 0.374 e. The molecule has 5 nitrogen and oxygen atoms in total. The molecule has 0 radical (unpaired) electrons. The monoisotopic (exact) mass is 387 g/mol. The Morgan fingerprint density at radius 3 is 2.11 bits per heavy atom. The molecule has 0 aliphatic carbocycles. The topological polar surface area (TPSA) is 70.2 Å². The van der Waals surface area contributed by atoms with Gasteiger partial charge in [-0.3, -0.25) is 9.59 Å². The van der Waals surface area contributed by atoms with Crippen LogP contribution in [0, 0.1) is 0 Å². The molecule has 0 spiro atoms. The minimum absolute atomic E-state index is 0.0537. The van der Waals surface area contributed by atoms with Crippen LogP contribution in [-0.4, -0.2) is 23.4 Å². The first-order valence-electron chi connectivity index (χ1n) is 8.96. The average molecular weight is 388 g/mol. The van der Waals surface area contributed by atoms with Crippen molar-refractivity contribution >= 4 is 34.8 Å². The first kappa shape index (κ1) is 20.8. The van der Waals surface area contributed by atoms with E-state index in [1.807, 2.05) is 39.8 Å². The van der Waals surface area contributed by atoms with Crippen LogP contribution in [0.15, 0.2) is 48.5 Å². The van der Waals surface area contributed by atoms with Gasteiger partial charge in [-0.05, 0) is 75.7 Å². The molecule has 6 heteroatoms. The van der Waals surface area contributed by atoms with Gasteiger partial charge >= 0.3 is 0 Å². The molecule has 0 aliphatic heterocycles. The maximum atomic E-state index is 12.3. The van der Waals surface area contributed by atoms with E-state index in [9.17, 15) is 9.59 Å². The summed E-state index contributed by atoms with van der Waals surface area (Å²) in [6.45, 7) is 7.85. The summed E-state index contributed by atoms with van der Waals surface area (Å²) in [7, 11) is 0. The minimum Gasteiger partial charge on any atom is -0.374 e. The molecule has 0 aliphatic rings. The van der Waals surface area contributed by atoms with Gasteiger partial charge in [-0.15, -0.1) is 0 Å². The number of hydrogen-bond acceptors (Lipinski definition) is 3. The lowest BCUT2D eigenvalue weighted by atomic mass is 10.0. The van der Waals surface area contributed by atoms with Gasteiger partial charge in [-0.25, -0.2) is 0 Å². The van der Waals surface area contributed by atoms with Crippen LogP contribution in [0.3, 0.4) is 0 Å². The van der Waals surface area contributed by atoms with Crippen molar-refractivity contribution in [2.24, 2.45) is 0 Å². The summed E-state index contributed by atoms with van der Waals surface area (Å²) in [6.07, 6.45) is 0.855. The molecule has 1 unspecified atom stereocenters. The van der Waals surface area contributed by atoms with E-state index in [-0.39, 0.29) is 23.4 Å². The van der Waals surface area contributed by atoms with E-state index in [0.29, 0.717) is 16.3 Å². The van der Waals surface area contributed by atoms with Crippen LogP contribution in [0.1, 0.15) is 44.5 Å². The predicted octanol–water partition coefficient (Wildman–Crippen LogP) is 4.70. The van der Waals surface area contributed by atoms with Crippen molar-refractivity contribution in [3.63, 3.8) is 0 Å². The van der Waals surface area contributed by atoms with Crippen LogP contribution in [0.5, 0.6) is 0 Å². The van der Waals surface area contributed by atoms with E-state index in [0.717, 1.165) is 12.1 Å². The molecule has 0 heterocycles. The van der Waals surface area contributed by atoms with Gasteiger partial charge in [0, 0.05) is 27.5 Å². The summed E-state index contributed by atoms with van der Waals surface area (Å²) in [5, 5.41) is 9.60. The van der Waals surface area contributed by atoms with Crippen molar-refractivity contribution in [2.75, 3.05) is 10.6 Å². The lowest BCUT2D eigenvalue weighted by Crippen LogP contribution is -2.48. The Labute approximate surface area is 165 Å². The summed E-state index contributed by atoms with van der Waals surface area (Å²) in [6, 6.07) is 13.6. The third-order valence-corrected chi connectivity index (χ3v) is 4.62. The third kappa shape index (κ3) is 6.29. The minimum atomic E-state index is -0.370. The fourth-order valence-corrected chi connectivity index (χ4v) is 2.43. The molecule has 0 fully saturated rings. The van der Waals surface area contributed by atoms with Crippen molar-refractivity contribution in [3.05, 3.63) is 59.1 Å². The Hall–Kier alpha value is -2.53. The number of anilines is 2. The Morgan fingerprint density at radius 1 is 1.00 bits per heavy atom. The standard InChI is InChI=1S/C21H26ClN3O2/c1-5-21(3,4)25-19(26)14(2)23-17-10-12-18(13-11-17)24-20(27)15-6-8-16(22)9-7-15/h6-14,23H,5H2,1-4H3,(H,24,27)(H,25,26). The van der Waals surface area contributed by atoms with Crippen molar-refractivity contribution in [1.29, 1.82) is 0 Å². The third-order valence-electron chi connectivity index (χ3n) is 4.37. The van der Waals surface area contributed by atoms with Crippen LogP contribution in [0.2, 0.25) is 5.02 Å². The molecule has 1 atom stereocenters. The number of rotatable bonds is 7. The van der Waals surface area contributed by atoms with Crippen molar-refractivity contribution in [3.8, 4) is 0 Å². The van der Waals surface area contributed by atoms with Crippen molar-refractivity contribution in [2.45, 2.75) is 45.7 Å². The Balaban J connectivity index is 1.93. The van der Waals surface area contributed by atoms with Gasteiger partial charge in [0.15, 0.2) is 0 Å². The zero-order chi connectivity index (χ0) is 20.0. The van der Waals surface area contributed by atoms with Gasteiger partial charge in [-0.1, -0.05) is 18.5 Å². The highest BCUT2D eigenvalue weighted by Gasteiger charge is 2.21. The number of hydrogen-bond donors (Lipinski definition) is 3. The maximum Gasteiger partial charge on any atom is 0.255 e. The Bertz CT molecular complexity index is 786.